The number of ether oxygens (including phenoxy) is 1. The van der Waals surface area contributed by atoms with Crippen molar-refractivity contribution in [2.75, 3.05) is 12.4 Å². The Morgan fingerprint density at radius 2 is 1.92 bits per heavy atom. The summed E-state index contributed by atoms with van der Waals surface area (Å²) in [5.74, 6) is 0.535. The van der Waals surface area contributed by atoms with Crippen LogP contribution in [0, 0.1) is 5.92 Å². The molecule has 0 fully saturated rings. The number of rotatable bonds is 5. The fraction of sp³-hybridized carbons (Fsp3) is 0.211. The third-order valence-corrected chi connectivity index (χ3v) is 4.56. The van der Waals surface area contributed by atoms with E-state index in [0.29, 0.717) is 5.88 Å². The molecule has 0 aliphatic heterocycles. The Hall–Kier alpha value is -2.73. The normalized spacial score (nSPS) is 10.7. The number of anilines is 1. The third kappa shape index (κ3) is 4.03. The number of carbonyl (C=O) groups excluding carboxylic acids is 1. The summed E-state index contributed by atoms with van der Waals surface area (Å²) < 4.78 is 5.16. The van der Waals surface area contributed by atoms with E-state index in [9.17, 15) is 4.79 Å². The maximum atomic E-state index is 11.7. The molecule has 128 valence electrons. The molecule has 0 radical (unpaired) electrons. The minimum Gasteiger partial charge on any atom is -0.481 e. The van der Waals surface area contributed by atoms with Gasteiger partial charge >= 0.3 is 0 Å². The van der Waals surface area contributed by atoms with Gasteiger partial charge in [-0.05, 0) is 18.2 Å². The van der Waals surface area contributed by atoms with Crippen molar-refractivity contribution in [1.82, 2.24) is 9.97 Å². The molecule has 0 aliphatic carbocycles. The molecule has 0 unspecified atom stereocenters. The molecule has 1 aromatic carbocycles. The average molecular weight is 353 g/mol. The summed E-state index contributed by atoms with van der Waals surface area (Å²) in [6.07, 6.45) is 1.71. The van der Waals surface area contributed by atoms with Crippen LogP contribution >= 0.6 is 11.3 Å². The van der Waals surface area contributed by atoms with E-state index >= 15 is 0 Å². The summed E-state index contributed by atoms with van der Waals surface area (Å²) in [6, 6.07) is 11.5. The zero-order valence-corrected chi connectivity index (χ0v) is 15.1. The lowest BCUT2D eigenvalue weighted by Crippen LogP contribution is -2.17. The van der Waals surface area contributed by atoms with Gasteiger partial charge in [-0.25, -0.2) is 9.97 Å². The lowest BCUT2D eigenvalue weighted by molar-refractivity contribution is -0.118. The molecule has 1 N–H and O–H groups in total. The molecule has 3 aromatic rings. The summed E-state index contributed by atoms with van der Waals surface area (Å²) in [7, 11) is 1.60. The molecule has 0 bridgehead atoms. The van der Waals surface area contributed by atoms with Crippen molar-refractivity contribution in [1.29, 1.82) is 0 Å². The van der Waals surface area contributed by atoms with Gasteiger partial charge in [-0.15, -0.1) is 11.3 Å². The van der Waals surface area contributed by atoms with Gasteiger partial charge in [0, 0.05) is 40.4 Å². The number of hydrogen-bond acceptors (Lipinski definition) is 5. The monoisotopic (exact) mass is 353 g/mol. The molecule has 0 atom stereocenters. The highest BCUT2D eigenvalue weighted by molar-refractivity contribution is 7.13. The number of pyridine rings is 1. The van der Waals surface area contributed by atoms with E-state index in [0.717, 1.165) is 27.5 Å². The predicted octanol–water partition coefficient (Wildman–Crippen LogP) is 4.48. The van der Waals surface area contributed by atoms with Crippen LogP contribution in [-0.4, -0.2) is 23.0 Å². The van der Waals surface area contributed by atoms with Gasteiger partial charge in [-0.1, -0.05) is 26.0 Å². The molecule has 2 heterocycles. The zero-order valence-electron chi connectivity index (χ0n) is 14.3. The van der Waals surface area contributed by atoms with E-state index in [4.69, 9.17) is 9.72 Å². The standard InChI is InChI=1S/C19H19N3O2S/c1-12(2)18(23)21-15-6-4-13(5-7-15)16-11-25-19(22-16)14-8-9-20-17(10-14)24-3/h4-12H,1-3H3,(H,21,23). The number of hydrogen-bond donors (Lipinski definition) is 1. The second kappa shape index (κ2) is 7.44. The summed E-state index contributed by atoms with van der Waals surface area (Å²) in [5.41, 5.74) is 3.67. The molecule has 2 aromatic heterocycles. The van der Waals surface area contributed by atoms with Gasteiger partial charge in [0.1, 0.15) is 5.01 Å². The van der Waals surface area contributed by atoms with Crippen molar-refractivity contribution < 1.29 is 9.53 Å². The van der Waals surface area contributed by atoms with Crippen molar-refractivity contribution in [2.45, 2.75) is 13.8 Å². The van der Waals surface area contributed by atoms with Crippen LogP contribution < -0.4 is 10.1 Å². The SMILES string of the molecule is COc1cc(-c2nc(-c3ccc(NC(=O)C(C)C)cc3)cs2)ccn1. The largest absolute Gasteiger partial charge is 0.481 e. The Morgan fingerprint density at radius 1 is 1.16 bits per heavy atom. The number of thiazole rings is 1. The topological polar surface area (TPSA) is 64.1 Å². The Labute approximate surface area is 150 Å². The molecule has 6 heteroatoms. The highest BCUT2D eigenvalue weighted by Gasteiger charge is 2.10. The molecule has 5 nitrogen and oxygen atoms in total. The fourth-order valence-corrected chi connectivity index (χ4v) is 3.03. The van der Waals surface area contributed by atoms with Crippen molar-refractivity contribution in [3.8, 4) is 27.7 Å². The number of benzene rings is 1. The van der Waals surface area contributed by atoms with E-state index in [1.165, 1.54) is 0 Å². The lowest BCUT2D eigenvalue weighted by Gasteiger charge is -2.07. The third-order valence-electron chi connectivity index (χ3n) is 3.67. The van der Waals surface area contributed by atoms with Gasteiger partial charge in [0.05, 0.1) is 12.8 Å². The number of carbonyl (C=O) groups is 1. The molecule has 0 saturated heterocycles. The second-order valence-corrected chi connectivity index (χ2v) is 6.70. The molecule has 3 rings (SSSR count). The quantitative estimate of drug-likeness (QED) is 0.735. The Bertz CT molecular complexity index is 872. The first-order valence-corrected chi connectivity index (χ1v) is 8.82. The second-order valence-electron chi connectivity index (χ2n) is 5.85. The van der Waals surface area contributed by atoms with E-state index in [2.05, 4.69) is 10.3 Å². The summed E-state index contributed by atoms with van der Waals surface area (Å²) in [6.45, 7) is 3.74. The van der Waals surface area contributed by atoms with Crippen molar-refractivity contribution in [2.24, 2.45) is 5.92 Å². The van der Waals surface area contributed by atoms with Gasteiger partial charge < -0.3 is 10.1 Å². The van der Waals surface area contributed by atoms with Gasteiger partial charge in [0.15, 0.2) is 0 Å². The molecular formula is C19H19N3O2S. The van der Waals surface area contributed by atoms with Crippen molar-refractivity contribution >= 4 is 22.9 Å². The minimum atomic E-state index is -0.0434. The first kappa shape index (κ1) is 17.1. The van der Waals surface area contributed by atoms with Crippen LogP contribution in [0.4, 0.5) is 5.69 Å². The number of nitrogens with zero attached hydrogens (tertiary/aromatic N) is 2. The lowest BCUT2D eigenvalue weighted by atomic mass is 10.1. The van der Waals surface area contributed by atoms with Crippen LogP contribution in [0.1, 0.15) is 13.8 Å². The molecule has 25 heavy (non-hydrogen) atoms. The smallest absolute Gasteiger partial charge is 0.226 e. The van der Waals surface area contributed by atoms with E-state index in [1.807, 2.05) is 55.6 Å². The maximum absolute atomic E-state index is 11.7. The van der Waals surface area contributed by atoms with Gasteiger partial charge in [0.2, 0.25) is 11.8 Å². The van der Waals surface area contributed by atoms with E-state index in [1.54, 1.807) is 24.6 Å². The van der Waals surface area contributed by atoms with Crippen LogP contribution in [0.15, 0.2) is 48.0 Å². The number of methoxy groups -OCH3 is 1. The van der Waals surface area contributed by atoms with E-state index < -0.39 is 0 Å². The molecule has 0 saturated carbocycles. The van der Waals surface area contributed by atoms with Crippen LogP contribution in [0.5, 0.6) is 5.88 Å². The molecule has 0 spiro atoms. The molecule has 0 aliphatic rings. The maximum Gasteiger partial charge on any atom is 0.226 e. The Kier molecular flexibility index (Phi) is 5.09. The van der Waals surface area contributed by atoms with Crippen LogP contribution in [-0.2, 0) is 4.79 Å². The Morgan fingerprint density at radius 3 is 2.60 bits per heavy atom. The summed E-state index contributed by atoms with van der Waals surface area (Å²) in [5, 5.41) is 5.81. The van der Waals surface area contributed by atoms with Crippen LogP contribution in [0.2, 0.25) is 0 Å². The number of aromatic nitrogens is 2. The minimum absolute atomic E-state index is 0.00956. The van der Waals surface area contributed by atoms with Gasteiger partial charge in [-0.2, -0.15) is 0 Å². The van der Waals surface area contributed by atoms with Crippen molar-refractivity contribution in [3.05, 3.63) is 48.0 Å². The number of amides is 1. The predicted molar refractivity (Wildman–Crippen MR) is 101 cm³/mol. The first-order chi connectivity index (χ1) is 12.1. The molecule has 1 amide bonds. The van der Waals surface area contributed by atoms with Gasteiger partial charge in [-0.3, -0.25) is 4.79 Å². The highest BCUT2D eigenvalue weighted by Crippen LogP contribution is 2.30. The van der Waals surface area contributed by atoms with Crippen molar-refractivity contribution in [3.63, 3.8) is 0 Å². The number of nitrogens with one attached hydrogen (secondary N) is 1. The van der Waals surface area contributed by atoms with E-state index in [-0.39, 0.29) is 11.8 Å². The Balaban J connectivity index is 1.79. The fourth-order valence-electron chi connectivity index (χ4n) is 2.20. The molecular weight excluding hydrogens is 334 g/mol. The van der Waals surface area contributed by atoms with Crippen LogP contribution in [0.25, 0.3) is 21.8 Å². The van der Waals surface area contributed by atoms with Gasteiger partial charge in [0.25, 0.3) is 0 Å². The van der Waals surface area contributed by atoms with Crippen LogP contribution in [0.3, 0.4) is 0 Å². The summed E-state index contributed by atoms with van der Waals surface area (Å²) >= 11 is 1.57. The summed E-state index contributed by atoms with van der Waals surface area (Å²) in [4.78, 5) is 20.5. The first-order valence-electron chi connectivity index (χ1n) is 7.94. The highest BCUT2D eigenvalue weighted by atomic mass is 32.1. The average Bonchev–Trinajstić information content (AvgIpc) is 3.12. The zero-order chi connectivity index (χ0) is 17.8.